The van der Waals surface area contributed by atoms with Gasteiger partial charge in [-0.1, -0.05) is 199 Å². The van der Waals surface area contributed by atoms with Crippen LogP contribution in [-0.4, -0.2) is 9.13 Å². The first kappa shape index (κ1) is 47.4. The zero-order valence-electron chi connectivity index (χ0n) is 44.5. The molecule has 2 heteroatoms. The van der Waals surface area contributed by atoms with E-state index < -0.39 is 0 Å². The molecular weight excluding hydrogens is 797 g/mol. The Bertz CT molecular complexity index is 3090. The molecule has 66 heavy (non-hydrogen) atoms. The third kappa shape index (κ3) is 8.45. The van der Waals surface area contributed by atoms with Gasteiger partial charge in [0.1, 0.15) is 0 Å². The van der Waals surface area contributed by atoms with Crippen LogP contribution in [0.1, 0.15) is 183 Å². The van der Waals surface area contributed by atoms with Crippen molar-refractivity contribution in [2.75, 3.05) is 0 Å². The molecule has 0 N–H and O–H groups in total. The van der Waals surface area contributed by atoms with E-state index in [0.29, 0.717) is 0 Å². The van der Waals surface area contributed by atoms with Gasteiger partial charge >= 0.3 is 0 Å². The average Bonchev–Trinajstić information content (AvgIpc) is 3.69. The highest BCUT2D eigenvalue weighted by Crippen LogP contribution is 2.46. The molecule has 346 valence electrons. The highest BCUT2D eigenvalue weighted by Gasteiger charge is 2.33. The molecule has 0 aliphatic heterocycles. The summed E-state index contributed by atoms with van der Waals surface area (Å²) < 4.78 is 5.20. The van der Waals surface area contributed by atoms with E-state index >= 15 is 0 Å². The molecule has 6 aromatic carbocycles. The van der Waals surface area contributed by atoms with Crippen LogP contribution in [0.4, 0.5) is 0 Å². The molecule has 0 bridgehead atoms. The quantitative estimate of drug-likeness (QED) is 0.163. The molecule has 2 aromatic heterocycles. The van der Waals surface area contributed by atoms with Gasteiger partial charge in [0.2, 0.25) is 0 Å². The maximum absolute atomic E-state index is 2.62. The molecule has 0 fully saturated rings. The topological polar surface area (TPSA) is 9.86 Å². The lowest BCUT2D eigenvalue weighted by atomic mass is 9.72. The van der Waals surface area contributed by atoms with Crippen molar-refractivity contribution >= 4 is 43.6 Å². The van der Waals surface area contributed by atoms with Gasteiger partial charge in [-0.15, -0.1) is 0 Å². The minimum absolute atomic E-state index is 0.0279. The van der Waals surface area contributed by atoms with Crippen LogP contribution in [0, 0.1) is 0 Å². The Balaban J connectivity index is 1.38. The maximum Gasteiger partial charge on any atom is 0.0544 e. The molecule has 0 radical (unpaired) electrons. The first-order valence-electron chi connectivity index (χ1n) is 24.7. The van der Waals surface area contributed by atoms with Gasteiger partial charge < -0.3 is 9.13 Å². The van der Waals surface area contributed by atoms with Crippen molar-refractivity contribution in [1.82, 2.24) is 9.13 Å². The number of benzene rings is 6. The smallest absolute Gasteiger partial charge is 0.0544 e. The third-order valence-corrected chi connectivity index (χ3v) is 14.5. The fourth-order valence-electron chi connectivity index (χ4n) is 10.6. The fraction of sp³-hybridized carbons (Fsp3) is 0.438. The predicted molar refractivity (Wildman–Crippen MR) is 290 cm³/mol. The Kier molecular flexibility index (Phi) is 11.1. The Morgan fingerprint density at radius 1 is 0.318 bits per heavy atom. The van der Waals surface area contributed by atoms with Gasteiger partial charge in [-0.25, -0.2) is 0 Å². The average molecular weight is 877 g/mol. The van der Waals surface area contributed by atoms with Crippen LogP contribution < -0.4 is 0 Å². The van der Waals surface area contributed by atoms with E-state index in [9.17, 15) is 0 Å². The molecule has 0 amide bonds. The van der Waals surface area contributed by atoms with Crippen molar-refractivity contribution in [3.05, 3.63) is 154 Å². The number of para-hydroxylation sites is 1. The van der Waals surface area contributed by atoms with Crippen molar-refractivity contribution in [3.8, 4) is 11.4 Å². The van der Waals surface area contributed by atoms with E-state index in [1.165, 1.54) is 99.5 Å². The minimum Gasteiger partial charge on any atom is -0.309 e. The van der Waals surface area contributed by atoms with E-state index in [0.717, 1.165) is 6.42 Å². The standard InChI is InChI=1S/C64H80N2/c1-58(2,3)41-27-31-51-47(35-41)48-36-42(59(4,5)6)28-32-52(48)65(51)56-34-40(33-50(62(13,14)15)57(56)63(16,17)18)39-64(19,20)44-26-30-46-45-29-25-43(60(7,8)9)37-54(45)66(55(46)38-44)53-24-22-21-23-49(53)61(10,11)12/h21-38H,39H2,1-20H3. The molecule has 0 saturated heterocycles. The fourth-order valence-corrected chi connectivity index (χ4v) is 10.6. The second kappa shape index (κ2) is 15.5. The molecule has 8 aromatic rings. The first-order valence-corrected chi connectivity index (χ1v) is 24.7. The Morgan fingerprint density at radius 3 is 1.21 bits per heavy atom. The lowest BCUT2D eigenvalue weighted by Gasteiger charge is -2.35. The summed E-state index contributed by atoms with van der Waals surface area (Å²) in [6.45, 7) is 47.3. The van der Waals surface area contributed by atoms with Gasteiger partial charge in [-0.2, -0.15) is 0 Å². The Hall–Kier alpha value is -5.08. The van der Waals surface area contributed by atoms with Crippen molar-refractivity contribution in [1.29, 1.82) is 0 Å². The van der Waals surface area contributed by atoms with Crippen LogP contribution >= 0.6 is 0 Å². The zero-order valence-corrected chi connectivity index (χ0v) is 44.5. The molecule has 2 nitrogen and oxygen atoms in total. The highest BCUT2D eigenvalue weighted by molar-refractivity contribution is 6.11. The van der Waals surface area contributed by atoms with Crippen molar-refractivity contribution < 1.29 is 0 Å². The SMILES string of the molecule is CC(C)(C)c1ccc2c(c1)c1cc(C(C)(C)C)ccc1n2-c1cc(CC(C)(C)c2ccc3c4ccc(C(C)(C)C)cc4n(-c4ccccc4C(C)(C)C)c3c2)cc(C(C)(C)C)c1C(C)(C)C. The second-order valence-electron chi connectivity index (χ2n) is 26.7. The number of hydrogen-bond acceptors (Lipinski definition) is 0. The van der Waals surface area contributed by atoms with Gasteiger partial charge in [0.15, 0.2) is 0 Å². The largest absolute Gasteiger partial charge is 0.309 e. The molecule has 0 saturated carbocycles. The summed E-state index contributed by atoms with van der Waals surface area (Å²) in [6, 6.07) is 43.2. The van der Waals surface area contributed by atoms with E-state index in [-0.39, 0.29) is 37.9 Å². The summed E-state index contributed by atoms with van der Waals surface area (Å²) in [7, 11) is 0. The number of fused-ring (bicyclic) bond motifs is 6. The lowest BCUT2D eigenvalue weighted by molar-refractivity contribution is 0.511. The van der Waals surface area contributed by atoms with Crippen molar-refractivity contribution in [3.63, 3.8) is 0 Å². The zero-order chi connectivity index (χ0) is 48.5. The van der Waals surface area contributed by atoms with Crippen molar-refractivity contribution in [2.45, 2.75) is 183 Å². The third-order valence-electron chi connectivity index (χ3n) is 14.5. The summed E-state index contributed by atoms with van der Waals surface area (Å²) in [6.07, 6.45) is 0.894. The number of rotatable bonds is 5. The molecule has 0 spiro atoms. The molecule has 0 aliphatic rings. The number of nitrogens with zero attached hydrogens (tertiary/aromatic N) is 2. The number of aromatic nitrogens is 2. The Labute approximate surface area is 398 Å². The van der Waals surface area contributed by atoms with Crippen molar-refractivity contribution in [2.24, 2.45) is 0 Å². The van der Waals surface area contributed by atoms with E-state index in [1.807, 2.05) is 0 Å². The molecule has 0 unspecified atom stereocenters. The lowest BCUT2D eigenvalue weighted by Crippen LogP contribution is -2.26. The summed E-state index contributed by atoms with van der Waals surface area (Å²) in [5.41, 5.74) is 18.4. The molecule has 2 heterocycles. The molecule has 0 aliphatic carbocycles. The minimum atomic E-state index is -0.185. The van der Waals surface area contributed by atoms with Crippen LogP contribution in [0.25, 0.3) is 55.0 Å². The predicted octanol–water partition coefficient (Wildman–Crippen LogP) is 18.2. The highest BCUT2D eigenvalue weighted by atomic mass is 15.0. The summed E-state index contributed by atoms with van der Waals surface area (Å²) >= 11 is 0. The van der Waals surface area contributed by atoms with Crippen LogP contribution in [0.5, 0.6) is 0 Å². The Morgan fingerprint density at radius 2 is 0.742 bits per heavy atom. The molecule has 8 rings (SSSR count). The first-order chi connectivity index (χ1) is 30.3. The van der Waals surface area contributed by atoms with Gasteiger partial charge in [-0.05, 0) is 137 Å². The number of hydrogen-bond donors (Lipinski definition) is 0. The molecule has 0 atom stereocenters. The van der Waals surface area contributed by atoms with Crippen LogP contribution in [0.2, 0.25) is 0 Å². The van der Waals surface area contributed by atoms with Crippen LogP contribution in [-0.2, 0) is 44.3 Å². The van der Waals surface area contributed by atoms with Gasteiger partial charge in [0.25, 0.3) is 0 Å². The second-order valence-corrected chi connectivity index (χ2v) is 26.7. The van der Waals surface area contributed by atoms with E-state index in [1.54, 1.807) is 0 Å². The van der Waals surface area contributed by atoms with Crippen LogP contribution in [0.3, 0.4) is 0 Å². The maximum atomic E-state index is 2.62. The summed E-state index contributed by atoms with van der Waals surface area (Å²) in [5, 5.41) is 5.27. The molecular formula is C64H80N2. The van der Waals surface area contributed by atoms with Gasteiger partial charge in [0, 0.05) is 27.2 Å². The summed E-state index contributed by atoms with van der Waals surface area (Å²) in [4.78, 5) is 0. The monoisotopic (exact) mass is 877 g/mol. The normalized spacial score (nSPS) is 13.8. The van der Waals surface area contributed by atoms with E-state index in [4.69, 9.17) is 0 Å². The van der Waals surface area contributed by atoms with Gasteiger partial charge in [-0.3, -0.25) is 0 Å². The van der Waals surface area contributed by atoms with Gasteiger partial charge in [0.05, 0.1) is 27.8 Å². The summed E-state index contributed by atoms with van der Waals surface area (Å²) in [5.74, 6) is 0. The van der Waals surface area contributed by atoms with Crippen LogP contribution in [0.15, 0.2) is 109 Å². The van der Waals surface area contributed by atoms with E-state index in [2.05, 4.69) is 257 Å².